The predicted molar refractivity (Wildman–Crippen MR) is 45.0 cm³/mol. The van der Waals surface area contributed by atoms with E-state index in [1.807, 2.05) is 0 Å². The highest BCUT2D eigenvalue weighted by Crippen LogP contribution is 2.26. The van der Waals surface area contributed by atoms with E-state index in [0.29, 0.717) is 19.4 Å². The molecule has 0 aliphatic carbocycles. The van der Waals surface area contributed by atoms with Crippen molar-refractivity contribution in [3.05, 3.63) is 0 Å². The van der Waals surface area contributed by atoms with Gasteiger partial charge in [-0.2, -0.15) is 0 Å². The zero-order valence-corrected chi connectivity index (χ0v) is 7.69. The lowest BCUT2D eigenvalue weighted by molar-refractivity contribution is -0.103. The van der Waals surface area contributed by atoms with Crippen LogP contribution in [-0.2, 0) is 4.74 Å². The average molecular weight is 189 g/mol. The van der Waals surface area contributed by atoms with E-state index >= 15 is 0 Å². The zero-order valence-electron chi connectivity index (χ0n) is 7.69. The molecule has 0 aromatic rings. The summed E-state index contributed by atoms with van der Waals surface area (Å²) in [5, 5.41) is 18.6. The van der Waals surface area contributed by atoms with Crippen LogP contribution in [0.25, 0.3) is 0 Å². The Kier molecular flexibility index (Phi) is 3.11. The first-order chi connectivity index (χ1) is 6.14. The van der Waals surface area contributed by atoms with E-state index in [1.165, 1.54) is 4.90 Å². The van der Waals surface area contributed by atoms with Crippen LogP contribution in [-0.4, -0.2) is 46.7 Å². The maximum atomic E-state index is 11.3. The lowest BCUT2D eigenvalue weighted by Gasteiger charge is -2.30. The van der Waals surface area contributed by atoms with Gasteiger partial charge in [-0.05, 0) is 19.8 Å². The second kappa shape index (κ2) is 3.93. The van der Waals surface area contributed by atoms with Gasteiger partial charge in [-0.25, -0.2) is 4.79 Å². The quantitative estimate of drug-likeness (QED) is 0.637. The van der Waals surface area contributed by atoms with E-state index in [1.54, 1.807) is 6.92 Å². The van der Waals surface area contributed by atoms with Gasteiger partial charge in [-0.1, -0.05) is 0 Å². The van der Waals surface area contributed by atoms with Crippen LogP contribution in [0.2, 0.25) is 0 Å². The van der Waals surface area contributed by atoms with Gasteiger partial charge >= 0.3 is 6.09 Å². The topological polar surface area (TPSA) is 70.0 Å². The Labute approximate surface area is 76.9 Å². The first kappa shape index (κ1) is 10.3. The third-order valence-corrected chi connectivity index (χ3v) is 2.20. The van der Waals surface area contributed by atoms with Gasteiger partial charge in [0.25, 0.3) is 0 Å². The maximum Gasteiger partial charge on any atom is 0.412 e. The van der Waals surface area contributed by atoms with Crippen molar-refractivity contribution < 1.29 is 19.7 Å². The molecule has 5 heteroatoms. The largest absolute Gasteiger partial charge is 0.450 e. The molecule has 1 rings (SSSR count). The summed E-state index contributed by atoms with van der Waals surface area (Å²) in [5.74, 6) is 0. The molecule has 1 heterocycles. The summed E-state index contributed by atoms with van der Waals surface area (Å²) in [6.45, 7) is 1.98. The SMILES string of the molecule is CCOC(=O)N1CCCC1(O)CO. The first-order valence-corrected chi connectivity index (χ1v) is 4.41. The number of amides is 1. The van der Waals surface area contributed by atoms with Crippen molar-refractivity contribution in [3.63, 3.8) is 0 Å². The summed E-state index contributed by atoms with van der Waals surface area (Å²) < 4.78 is 4.74. The standard InChI is InChI=1S/C8H15NO4/c1-2-13-7(11)9-5-3-4-8(9,12)6-10/h10,12H,2-6H2,1H3. The molecule has 1 atom stereocenters. The molecule has 0 aromatic heterocycles. The summed E-state index contributed by atoms with van der Waals surface area (Å²) in [6, 6.07) is 0. The van der Waals surface area contributed by atoms with Gasteiger partial charge in [-0.15, -0.1) is 0 Å². The molecule has 2 N–H and O–H groups in total. The summed E-state index contributed by atoms with van der Waals surface area (Å²) >= 11 is 0. The molecule has 1 amide bonds. The van der Waals surface area contributed by atoms with Gasteiger partial charge in [0.1, 0.15) is 0 Å². The van der Waals surface area contributed by atoms with Crippen LogP contribution in [0, 0.1) is 0 Å². The molecule has 0 radical (unpaired) electrons. The zero-order chi connectivity index (χ0) is 9.90. The van der Waals surface area contributed by atoms with Gasteiger partial charge < -0.3 is 14.9 Å². The van der Waals surface area contributed by atoms with Crippen molar-refractivity contribution in [2.45, 2.75) is 25.5 Å². The van der Waals surface area contributed by atoms with E-state index in [0.717, 1.165) is 0 Å². The Bertz CT molecular complexity index is 197. The van der Waals surface area contributed by atoms with Crippen molar-refractivity contribution in [2.24, 2.45) is 0 Å². The van der Waals surface area contributed by atoms with Crippen LogP contribution < -0.4 is 0 Å². The highest BCUT2D eigenvalue weighted by Gasteiger charge is 2.42. The van der Waals surface area contributed by atoms with Gasteiger partial charge in [0, 0.05) is 6.54 Å². The minimum atomic E-state index is -1.41. The van der Waals surface area contributed by atoms with Gasteiger partial charge in [0.15, 0.2) is 5.72 Å². The fraction of sp³-hybridized carbons (Fsp3) is 0.875. The number of rotatable bonds is 2. The van der Waals surface area contributed by atoms with Crippen molar-refractivity contribution in [3.8, 4) is 0 Å². The van der Waals surface area contributed by atoms with Crippen molar-refractivity contribution in [1.29, 1.82) is 0 Å². The van der Waals surface area contributed by atoms with E-state index in [9.17, 15) is 9.90 Å². The van der Waals surface area contributed by atoms with Crippen molar-refractivity contribution in [2.75, 3.05) is 19.8 Å². The lowest BCUT2D eigenvalue weighted by atomic mass is 10.2. The number of carbonyl (C=O) groups is 1. The summed E-state index contributed by atoms with van der Waals surface area (Å²) in [6.07, 6.45) is 0.537. The Morgan fingerprint density at radius 1 is 1.69 bits per heavy atom. The van der Waals surface area contributed by atoms with Crippen LogP contribution in [0.15, 0.2) is 0 Å². The highest BCUT2D eigenvalue weighted by molar-refractivity contribution is 5.68. The molecule has 1 unspecified atom stereocenters. The maximum absolute atomic E-state index is 11.3. The third kappa shape index (κ3) is 1.92. The molecule has 0 bridgehead atoms. The highest BCUT2D eigenvalue weighted by atomic mass is 16.6. The molecule has 0 aromatic carbocycles. The predicted octanol–water partition coefficient (Wildman–Crippen LogP) is -0.0804. The van der Waals surface area contributed by atoms with E-state index in [4.69, 9.17) is 9.84 Å². The Balaban J connectivity index is 2.62. The number of hydrogen-bond donors (Lipinski definition) is 2. The molecule has 1 aliphatic rings. The van der Waals surface area contributed by atoms with Crippen molar-refractivity contribution >= 4 is 6.09 Å². The number of likely N-dealkylation sites (tertiary alicyclic amines) is 1. The smallest absolute Gasteiger partial charge is 0.412 e. The number of ether oxygens (including phenoxy) is 1. The first-order valence-electron chi connectivity index (χ1n) is 4.41. The monoisotopic (exact) mass is 189 g/mol. The minimum absolute atomic E-state index is 0.275. The van der Waals surface area contributed by atoms with Crippen LogP contribution in [0.5, 0.6) is 0 Å². The van der Waals surface area contributed by atoms with Gasteiger partial charge in [0.05, 0.1) is 13.2 Å². The Hall–Kier alpha value is -0.810. The summed E-state index contributed by atoms with van der Waals surface area (Å²) in [5.41, 5.74) is -1.41. The van der Waals surface area contributed by atoms with E-state index < -0.39 is 18.4 Å². The van der Waals surface area contributed by atoms with Gasteiger partial charge in [0.2, 0.25) is 0 Å². The van der Waals surface area contributed by atoms with Crippen LogP contribution in [0.1, 0.15) is 19.8 Å². The molecule has 1 fully saturated rings. The van der Waals surface area contributed by atoms with Crippen molar-refractivity contribution in [1.82, 2.24) is 4.90 Å². The molecular weight excluding hydrogens is 174 g/mol. The molecule has 0 spiro atoms. The molecular formula is C8H15NO4. The average Bonchev–Trinajstić information content (AvgIpc) is 2.49. The number of nitrogens with zero attached hydrogens (tertiary/aromatic N) is 1. The summed E-state index contributed by atoms with van der Waals surface area (Å²) in [7, 11) is 0. The number of carbonyl (C=O) groups excluding carboxylic acids is 1. The molecule has 1 saturated heterocycles. The lowest BCUT2D eigenvalue weighted by Crippen LogP contribution is -2.50. The second-order valence-electron chi connectivity index (χ2n) is 3.09. The number of hydrogen-bond acceptors (Lipinski definition) is 4. The second-order valence-corrected chi connectivity index (χ2v) is 3.09. The number of aliphatic hydroxyl groups is 2. The Morgan fingerprint density at radius 2 is 2.38 bits per heavy atom. The summed E-state index contributed by atoms with van der Waals surface area (Å²) in [4.78, 5) is 12.4. The van der Waals surface area contributed by atoms with Crippen LogP contribution >= 0.6 is 0 Å². The molecule has 0 saturated carbocycles. The third-order valence-electron chi connectivity index (χ3n) is 2.20. The fourth-order valence-corrected chi connectivity index (χ4v) is 1.49. The van der Waals surface area contributed by atoms with E-state index in [-0.39, 0.29) is 6.61 Å². The molecule has 13 heavy (non-hydrogen) atoms. The van der Waals surface area contributed by atoms with E-state index in [2.05, 4.69) is 0 Å². The Morgan fingerprint density at radius 3 is 2.92 bits per heavy atom. The molecule has 1 aliphatic heterocycles. The molecule has 5 nitrogen and oxygen atoms in total. The minimum Gasteiger partial charge on any atom is -0.450 e. The normalized spacial score (nSPS) is 27.8. The van der Waals surface area contributed by atoms with Gasteiger partial charge in [-0.3, -0.25) is 4.90 Å². The molecule has 76 valence electrons. The number of aliphatic hydroxyl groups excluding tert-OH is 1. The van der Waals surface area contributed by atoms with Crippen LogP contribution in [0.4, 0.5) is 4.79 Å². The fourth-order valence-electron chi connectivity index (χ4n) is 1.49. The van der Waals surface area contributed by atoms with Crippen LogP contribution in [0.3, 0.4) is 0 Å².